The van der Waals surface area contributed by atoms with E-state index in [1.54, 1.807) is 0 Å². The second-order valence-corrected chi connectivity index (χ2v) is 6.69. The minimum absolute atomic E-state index is 0.174. The van der Waals surface area contributed by atoms with Crippen molar-refractivity contribution in [2.24, 2.45) is 0 Å². The lowest BCUT2D eigenvalue weighted by atomic mass is 10.1. The third kappa shape index (κ3) is 2.48. The summed E-state index contributed by atoms with van der Waals surface area (Å²) in [4.78, 5) is 3.39. The van der Waals surface area contributed by atoms with Crippen LogP contribution >= 0.6 is 11.3 Å². The van der Waals surface area contributed by atoms with E-state index >= 15 is 0 Å². The fourth-order valence-corrected chi connectivity index (χ4v) is 3.65. The minimum Gasteiger partial charge on any atom is -0.493 e. The van der Waals surface area contributed by atoms with Gasteiger partial charge in [-0.2, -0.15) is 0 Å². The second-order valence-electron chi connectivity index (χ2n) is 4.32. The summed E-state index contributed by atoms with van der Waals surface area (Å²) in [5, 5.41) is 1.53. The van der Waals surface area contributed by atoms with Gasteiger partial charge in [0, 0.05) is 11.4 Å². The van der Waals surface area contributed by atoms with Crippen molar-refractivity contribution in [3.63, 3.8) is 0 Å². The van der Waals surface area contributed by atoms with E-state index in [1.165, 1.54) is 34.4 Å². The molecule has 8 heteroatoms. The highest BCUT2D eigenvalue weighted by Gasteiger charge is 2.24. The van der Waals surface area contributed by atoms with Gasteiger partial charge in [-0.25, -0.2) is 17.8 Å². The normalized spacial score (nSPS) is 14.4. The summed E-state index contributed by atoms with van der Waals surface area (Å²) in [6, 6.07) is 2.46. The van der Waals surface area contributed by atoms with Crippen LogP contribution in [-0.2, 0) is 16.4 Å². The fourth-order valence-electron chi connectivity index (χ4n) is 2.01. The number of nitrogens with one attached hydrogen (secondary N) is 1. The summed E-state index contributed by atoms with van der Waals surface area (Å²) >= 11 is 1.25. The topological polar surface area (TPSA) is 68.3 Å². The van der Waals surface area contributed by atoms with Crippen LogP contribution in [0.4, 0.5) is 10.2 Å². The SMILES string of the molecule is O=S(=O)(Nc1cscn1)c1cc2c(cc1F)CCCO2. The molecular weight excluding hydrogens is 303 g/mol. The molecule has 0 amide bonds. The Bertz CT molecular complexity index is 729. The van der Waals surface area contributed by atoms with Gasteiger partial charge in [-0.05, 0) is 24.5 Å². The van der Waals surface area contributed by atoms with E-state index in [4.69, 9.17) is 4.74 Å². The first kappa shape index (κ1) is 13.3. The van der Waals surface area contributed by atoms with Gasteiger partial charge in [0.25, 0.3) is 10.0 Å². The largest absolute Gasteiger partial charge is 0.493 e. The first-order valence-corrected chi connectivity index (χ1v) is 8.35. The number of fused-ring (bicyclic) bond motifs is 1. The number of rotatable bonds is 3. The van der Waals surface area contributed by atoms with Crippen LogP contribution in [0.5, 0.6) is 5.75 Å². The standard InChI is InChI=1S/C12H11FN2O3S2/c13-9-4-8-2-1-3-18-10(8)5-11(9)20(16,17)15-12-6-19-7-14-12/h4-7,15H,1-3H2. The molecule has 0 radical (unpaired) electrons. The average molecular weight is 314 g/mol. The Hall–Kier alpha value is -1.67. The minimum atomic E-state index is -4.01. The van der Waals surface area contributed by atoms with Gasteiger partial charge in [0.15, 0.2) is 5.82 Å². The third-order valence-electron chi connectivity index (χ3n) is 2.92. The highest BCUT2D eigenvalue weighted by Crippen LogP contribution is 2.30. The first-order valence-electron chi connectivity index (χ1n) is 5.92. The molecule has 0 fully saturated rings. The van der Waals surface area contributed by atoms with Crippen molar-refractivity contribution in [1.29, 1.82) is 0 Å². The zero-order chi connectivity index (χ0) is 14.2. The van der Waals surface area contributed by atoms with Crippen molar-refractivity contribution < 1.29 is 17.5 Å². The third-order valence-corrected chi connectivity index (χ3v) is 4.88. The summed E-state index contributed by atoms with van der Waals surface area (Å²) in [5.41, 5.74) is 2.19. The van der Waals surface area contributed by atoms with Crippen LogP contribution < -0.4 is 9.46 Å². The fraction of sp³-hybridized carbons (Fsp3) is 0.250. The van der Waals surface area contributed by atoms with Crippen molar-refractivity contribution in [3.05, 3.63) is 34.4 Å². The summed E-state index contributed by atoms with van der Waals surface area (Å²) in [6.07, 6.45) is 1.49. The van der Waals surface area contributed by atoms with E-state index in [2.05, 4.69) is 9.71 Å². The molecule has 0 saturated carbocycles. The van der Waals surface area contributed by atoms with Crippen LogP contribution in [0.3, 0.4) is 0 Å². The number of hydrogen-bond acceptors (Lipinski definition) is 5. The molecule has 0 atom stereocenters. The monoisotopic (exact) mass is 314 g/mol. The lowest BCUT2D eigenvalue weighted by Gasteiger charge is -2.18. The highest BCUT2D eigenvalue weighted by molar-refractivity contribution is 7.92. The van der Waals surface area contributed by atoms with Gasteiger partial charge < -0.3 is 4.74 Å². The van der Waals surface area contributed by atoms with E-state index in [-0.39, 0.29) is 5.82 Å². The van der Waals surface area contributed by atoms with Crippen LogP contribution in [-0.4, -0.2) is 20.0 Å². The van der Waals surface area contributed by atoms with Crippen molar-refractivity contribution in [2.45, 2.75) is 17.7 Å². The van der Waals surface area contributed by atoms with Crippen LogP contribution in [0, 0.1) is 5.82 Å². The maximum absolute atomic E-state index is 14.0. The molecule has 1 aromatic carbocycles. The van der Waals surface area contributed by atoms with E-state index in [1.807, 2.05) is 0 Å². The van der Waals surface area contributed by atoms with Gasteiger partial charge in [-0.3, -0.25) is 4.72 Å². The molecule has 106 valence electrons. The molecular formula is C12H11FN2O3S2. The number of aryl methyl sites for hydroxylation is 1. The number of halogens is 1. The molecule has 20 heavy (non-hydrogen) atoms. The number of benzene rings is 1. The molecule has 5 nitrogen and oxygen atoms in total. The molecule has 2 aromatic rings. The smallest absolute Gasteiger partial charge is 0.266 e. The Balaban J connectivity index is 2.00. The lowest BCUT2D eigenvalue weighted by Crippen LogP contribution is -2.17. The molecule has 0 aliphatic carbocycles. The molecule has 0 unspecified atom stereocenters. The molecule has 1 aliphatic rings. The van der Waals surface area contributed by atoms with Crippen LogP contribution in [0.2, 0.25) is 0 Å². The number of nitrogens with zero attached hydrogens (tertiary/aromatic N) is 1. The van der Waals surface area contributed by atoms with Gasteiger partial charge in [-0.1, -0.05) is 0 Å². The Labute approximate surface area is 119 Å². The molecule has 0 saturated heterocycles. The molecule has 2 heterocycles. The number of anilines is 1. The molecule has 0 bridgehead atoms. The van der Waals surface area contributed by atoms with Gasteiger partial charge >= 0.3 is 0 Å². The summed E-state index contributed by atoms with van der Waals surface area (Å²) in [5.74, 6) is -0.179. The van der Waals surface area contributed by atoms with Crippen molar-refractivity contribution in [2.75, 3.05) is 11.3 Å². The predicted octanol–water partition coefficient (Wildman–Crippen LogP) is 2.41. The lowest BCUT2D eigenvalue weighted by molar-refractivity contribution is 0.286. The summed E-state index contributed by atoms with van der Waals surface area (Å²) in [7, 11) is -4.01. The Kier molecular flexibility index (Phi) is 3.35. The molecule has 1 aromatic heterocycles. The van der Waals surface area contributed by atoms with Crippen molar-refractivity contribution >= 4 is 27.2 Å². The van der Waals surface area contributed by atoms with E-state index in [0.29, 0.717) is 24.3 Å². The predicted molar refractivity (Wildman–Crippen MR) is 73.1 cm³/mol. The van der Waals surface area contributed by atoms with Crippen LogP contribution in [0.25, 0.3) is 0 Å². The van der Waals surface area contributed by atoms with Gasteiger partial charge in [0.05, 0.1) is 12.1 Å². The van der Waals surface area contributed by atoms with Crippen LogP contribution in [0.1, 0.15) is 12.0 Å². The van der Waals surface area contributed by atoms with E-state index in [9.17, 15) is 12.8 Å². The Morgan fingerprint density at radius 2 is 2.25 bits per heavy atom. The molecule has 1 aliphatic heterocycles. The maximum atomic E-state index is 14.0. The van der Waals surface area contributed by atoms with Crippen LogP contribution in [0.15, 0.2) is 27.9 Å². The van der Waals surface area contributed by atoms with E-state index < -0.39 is 20.7 Å². The Morgan fingerprint density at radius 1 is 1.40 bits per heavy atom. The van der Waals surface area contributed by atoms with Gasteiger partial charge in [0.2, 0.25) is 0 Å². The quantitative estimate of drug-likeness (QED) is 0.944. The highest BCUT2D eigenvalue weighted by atomic mass is 32.2. The van der Waals surface area contributed by atoms with E-state index in [0.717, 1.165) is 6.42 Å². The second kappa shape index (κ2) is 5.02. The van der Waals surface area contributed by atoms with Crippen molar-refractivity contribution in [1.82, 2.24) is 4.98 Å². The molecule has 3 rings (SSSR count). The Morgan fingerprint density at radius 3 is 3.00 bits per heavy atom. The number of sulfonamides is 1. The number of hydrogen-bond donors (Lipinski definition) is 1. The summed E-state index contributed by atoms with van der Waals surface area (Å²) in [6.45, 7) is 0.512. The zero-order valence-corrected chi connectivity index (χ0v) is 11.9. The number of thiazole rings is 1. The first-order chi connectivity index (χ1) is 9.56. The van der Waals surface area contributed by atoms with Gasteiger partial charge in [0.1, 0.15) is 16.5 Å². The maximum Gasteiger partial charge on any atom is 0.266 e. The van der Waals surface area contributed by atoms with Crippen molar-refractivity contribution in [3.8, 4) is 5.75 Å². The molecule has 0 spiro atoms. The van der Waals surface area contributed by atoms with Gasteiger partial charge in [-0.15, -0.1) is 11.3 Å². The number of aromatic nitrogens is 1. The zero-order valence-electron chi connectivity index (χ0n) is 10.3. The molecule has 1 N–H and O–H groups in total. The average Bonchev–Trinajstić information content (AvgIpc) is 2.90. The summed E-state index contributed by atoms with van der Waals surface area (Å²) < 4.78 is 46.0. The number of ether oxygens (including phenoxy) is 1.